The number of esters is 1. The quantitative estimate of drug-likeness (QED) is 0.285. The lowest BCUT2D eigenvalue weighted by molar-refractivity contribution is -0.137. The first-order valence-corrected chi connectivity index (χ1v) is 12.1. The van der Waals surface area contributed by atoms with Crippen molar-refractivity contribution >= 4 is 23.6 Å². The summed E-state index contributed by atoms with van der Waals surface area (Å²) in [5.74, 6) is -0.572. The number of halogens is 1. The van der Waals surface area contributed by atoms with Gasteiger partial charge in [-0.2, -0.15) is 0 Å². The monoisotopic (exact) mass is 479 g/mol. The van der Waals surface area contributed by atoms with E-state index in [-0.39, 0.29) is 29.4 Å². The topological polar surface area (TPSA) is 72.4 Å². The number of ether oxygens (including phenoxy) is 1. The Kier molecular flexibility index (Phi) is 7.57. The van der Waals surface area contributed by atoms with Gasteiger partial charge in [0, 0.05) is 36.3 Å². The van der Waals surface area contributed by atoms with E-state index in [4.69, 9.17) is 9.72 Å². The van der Waals surface area contributed by atoms with Gasteiger partial charge in [-0.25, -0.2) is 14.4 Å². The molecule has 0 unspecified atom stereocenters. The summed E-state index contributed by atoms with van der Waals surface area (Å²) in [7, 11) is 1.34. The smallest absolute Gasteiger partial charge is 0.316 e. The number of rotatable bonds is 6. The number of hydrogen-bond donors (Lipinski definition) is 0. The fourth-order valence-corrected chi connectivity index (χ4v) is 4.79. The van der Waals surface area contributed by atoms with E-state index in [9.17, 15) is 14.0 Å². The second-order valence-corrected chi connectivity index (χ2v) is 9.23. The number of carbonyl (C=O) groups excluding carboxylic acids is 2. The molecule has 2 heterocycles. The largest absolute Gasteiger partial charge is 0.468 e. The fourth-order valence-electron chi connectivity index (χ4n) is 4.14. The van der Waals surface area contributed by atoms with Gasteiger partial charge in [0.25, 0.3) is 5.91 Å². The fraction of sp³-hybridized carbons (Fsp3) is 0.308. The maximum Gasteiger partial charge on any atom is 0.316 e. The summed E-state index contributed by atoms with van der Waals surface area (Å²) in [6.07, 6.45) is 3.43. The highest BCUT2D eigenvalue weighted by Crippen LogP contribution is 2.34. The predicted octanol–water partition coefficient (Wildman–Crippen LogP) is 4.88. The lowest BCUT2D eigenvalue weighted by Crippen LogP contribution is -2.39. The average molecular weight is 480 g/mol. The molecule has 0 bridgehead atoms. The van der Waals surface area contributed by atoms with Crippen LogP contribution in [-0.2, 0) is 9.53 Å². The van der Waals surface area contributed by atoms with E-state index >= 15 is 0 Å². The second kappa shape index (κ2) is 10.8. The molecule has 2 aromatic carbocycles. The predicted molar refractivity (Wildman–Crippen MR) is 129 cm³/mol. The van der Waals surface area contributed by atoms with Crippen molar-refractivity contribution in [3.05, 3.63) is 77.4 Å². The van der Waals surface area contributed by atoms with Gasteiger partial charge < -0.3 is 9.64 Å². The van der Waals surface area contributed by atoms with Gasteiger partial charge in [-0.1, -0.05) is 41.6 Å². The number of likely N-dealkylation sites (tertiary alicyclic amines) is 1. The van der Waals surface area contributed by atoms with E-state index in [1.165, 1.54) is 31.0 Å². The molecule has 0 aliphatic carbocycles. The van der Waals surface area contributed by atoms with Crippen LogP contribution in [0.1, 0.15) is 40.4 Å². The van der Waals surface area contributed by atoms with Gasteiger partial charge in [0.15, 0.2) is 5.16 Å². The molecule has 8 heteroatoms. The molecule has 1 fully saturated rings. The minimum Gasteiger partial charge on any atom is -0.468 e. The molecule has 1 saturated heterocycles. The molecular weight excluding hydrogens is 453 g/mol. The molecule has 4 rings (SSSR count). The third-order valence-electron chi connectivity index (χ3n) is 5.86. The Morgan fingerprint density at radius 3 is 2.74 bits per heavy atom. The molecule has 0 saturated carbocycles. The van der Waals surface area contributed by atoms with Crippen molar-refractivity contribution in [1.82, 2.24) is 14.9 Å². The molecule has 3 aromatic rings. The molecule has 0 spiro atoms. The molecule has 176 valence electrons. The van der Waals surface area contributed by atoms with Crippen molar-refractivity contribution < 1.29 is 18.7 Å². The van der Waals surface area contributed by atoms with E-state index in [0.29, 0.717) is 23.8 Å². The van der Waals surface area contributed by atoms with Crippen LogP contribution in [0.25, 0.3) is 11.1 Å². The highest BCUT2D eigenvalue weighted by molar-refractivity contribution is 7.99. The van der Waals surface area contributed by atoms with Gasteiger partial charge in [0.05, 0.1) is 18.6 Å². The number of hydrogen-bond acceptors (Lipinski definition) is 6. The van der Waals surface area contributed by atoms with Crippen LogP contribution in [0.5, 0.6) is 0 Å². The number of nitrogens with zero attached hydrogens (tertiary/aromatic N) is 3. The Hall–Kier alpha value is -3.26. The number of thioether (sulfide) groups is 1. The van der Waals surface area contributed by atoms with E-state index in [1.54, 1.807) is 18.3 Å². The Morgan fingerprint density at radius 2 is 2.00 bits per heavy atom. The number of aryl methyl sites for hydroxylation is 1. The molecule has 34 heavy (non-hydrogen) atoms. The normalized spacial score (nSPS) is 15.7. The van der Waals surface area contributed by atoms with Crippen molar-refractivity contribution in [3.8, 4) is 11.1 Å². The zero-order valence-corrected chi connectivity index (χ0v) is 20.0. The number of carbonyl (C=O) groups is 2. The first-order valence-electron chi connectivity index (χ1n) is 11.1. The van der Waals surface area contributed by atoms with E-state index in [2.05, 4.69) is 4.98 Å². The zero-order chi connectivity index (χ0) is 24.1. The summed E-state index contributed by atoms with van der Waals surface area (Å²) in [4.78, 5) is 35.9. The van der Waals surface area contributed by atoms with Gasteiger partial charge in [-0.15, -0.1) is 0 Å². The van der Waals surface area contributed by atoms with Crippen LogP contribution in [0.15, 0.2) is 59.9 Å². The lowest BCUT2D eigenvalue weighted by Gasteiger charge is -2.33. The van der Waals surface area contributed by atoms with Crippen molar-refractivity contribution in [2.24, 2.45) is 0 Å². The van der Waals surface area contributed by atoms with Gasteiger partial charge in [0.1, 0.15) is 5.82 Å². The van der Waals surface area contributed by atoms with Crippen LogP contribution >= 0.6 is 11.8 Å². The Labute approximate surface area is 202 Å². The van der Waals surface area contributed by atoms with Crippen LogP contribution in [0.4, 0.5) is 4.39 Å². The second-order valence-electron chi connectivity index (χ2n) is 8.28. The van der Waals surface area contributed by atoms with Gasteiger partial charge in [0.2, 0.25) is 0 Å². The first-order chi connectivity index (χ1) is 16.4. The Balaban J connectivity index is 1.64. The first kappa shape index (κ1) is 23.9. The summed E-state index contributed by atoms with van der Waals surface area (Å²) in [6, 6.07) is 13.8. The Bertz CT molecular complexity index is 1190. The van der Waals surface area contributed by atoms with Crippen LogP contribution in [0.3, 0.4) is 0 Å². The number of benzene rings is 2. The van der Waals surface area contributed by atoms with Crippen molar-refractivity contribution in [1.29, 1.82) is 0 Å². The van der Waals surface area contributed by atoms with Crippen LogP contribution < -0.4 is 0 Å². The van der Waals surface area contributed by atoms with E-state index < -0.39 is 0 Å². The molecular formula is C26H26FN3O3S. The minimum absolute atomic E-state index is 0.00563. The number of methoxy groups -OCH3 is 1. The summed E-state index contributed by atoms with van der Waals surface area (Å²) in [5, 5.41) is 0.466. The van der Waals surface area contributed by atoms with Crippen LogP contribution in [0, 0.1) is 12.7 Å². The molecule has 1 amide bonds. The van der Waals surface area contributed by atoms with Crippen molar-refractivity contribution in [2.45, 2.75) is 30.8 Å². The minimum atomic E-state index is -0.356. The average Bonchev–Trinajstić information content (AvgIpc) is 2.87. The molecule has 0 radical (unpaired) electrons. The Morgan fingerprint density at radius 1 is 1.21 bits per heavy atom. The summed E-state index contributed by atoms with van der Waals surface area (Å²) in [5.41, 5.74) is 4.13. The summed E-state index contributed by atoms with van der Waals surface area (Å²) >= 11 is 1.21. The molecule has 1 aliphatic rings. The molecule has 6 nitrogen and oxygen atoms in total. The highest BCUT2D eigenvalue weighted by atomic mass is 32.2. The highest BCUT2D eigenvalue weighted by Gasteiger charge is 2.29. The molecule has 1 aromatic heterocycles. The van der Waals surface area contributed by atoms with E-state index in [1.807, 2.05) is 36.1 Å². The lowest BCUT2D eigenvalue weighted by atomic mass is 9.89. The van der Waals surface area contributed by atoms with Gasteiger partial charge in [-0.05, 0) is 49.6 Å². The van der Waals surface area contributed by atoms with Crippen molar-refractivity contribution in [2.75, 3.05) is 26.0 Å². The maximum absolute atomic E-state index is 13.5. The molecule has 0 N–H and O–H groups in total. The number of aromatic nitrogens is 2. The SMILES string of the molecule is COC(=O)CSc1ncc(-c2ccc(F)cc2)c([C@@H]2CCCN(C(=O)c3cccc(C)c3)C2)n1. The third kappa shape index (κ3) is 5.62. The third-order valence-corrected chi connectivity index (χ3v) is 6.69. The molecule has 1 atom stereocenters. The molecule has 1 aliphatic heterocycles. The maximum atomic E-state index is 13.5. The van der Waals surface area contributed by atoms with E-state index in [0.717, 1.165) is 35.2 Å². The van der Waals surface area contributed by atoms with Gasteiger partial charge in [-0.3, -0.25) is 9.59 Å². The number of amides is 1. The summed E-state index contributed by atoms with van der Waals surface area (Å²) < 4.78 is 18.3. The van der Waals surface area contributed by atoms with Crippen LogP contribution in [-0.4, -0.2) is 52.7 Å². The number of piperidine rings is 1. The standard InChI is InChI=1S/C26H26FN3O3S/c1-17-5-3-6-19(13-17)25(32)30-12-4-7-20(15-30)24-22(18-8-10-21(27)11-9-18)14-28-26(29-24)34-16-23(31)33-2/h3,5-6,8-11,13-14,20H,4,7,12,15-16H2,1-2H3/t20-/m1/s1. The van der Waals surface area contributed by atoms with Gasteiger partial charge >= 0.3 is 5.97 Å². The zero-order valence-electron chi connectivity index (χ0n) is 19.2. The van der Waals surface area contributed by atoms with Crippen molar-refractivity contribution in [3.63, 3.8) is 0 Å². The van der Waals surface area contributed by atoms with Crippen LogP contribution in [0.2, 0.25) is 0 Å². The summed E-state index contributed by atoms with van der Waals surface area (Å²) in [6.45, 7) is 3.18.